The van der Waals surface area contributed by atoms with Crippen LogP contribution in [0.3, 0.4) is 0 Å². The van der Waals surface area contributed by atoms with Crippen molar-refractivity contribution in [3.8, 4) is 0 Å². The number of likely N-dealkylation sites (tertiary alicyclic amines) is 1. The van der Waals surface area contributed by atoms with Gasteiger partial charge in [-0.1, -0.05) is 0 Å². The number of nitrogens with one attached hydrogen (secondary N) is 1. The smallest absolute Gasteiger partial charge is 0.236 e. The molecule has 2 amide bonds. The maximum atomic E-state index is 11.5. The lowest BCUT2D eigenvalue weighted by Crippen LogP contribution is -2.43. The van der Waals surface area contributed by atoms with Crippen LogP contribution in [0.5, 0.6) is 0 Å². The monoisotopic (exact) mass is 227 g/mol. The Kier molecular flexibility index (Phi) is 4.73. The number of carbonyl (C=O) groups is 2. The highest BCUT2D eigenvalue weighted by Crippen LogP contribution is 2.16. The minimum absolute atomic E-state index is 0.121. The number of nitrogens with zero attached hydrogens (tertiary/aromatic N) is 2. The fourth-order valence-corrected chi connectivity index (χ4v) is 1.89. The van der Waals surface area contributed by atoms with Gasteiger partial charge in [0.2, 0.25) is 11.8 Å². The van der Waals surface area contributed by atoms with E-state index in [0.29, 0.717) is 6.54 Å². The average Bonchev–Trinajstić information content (AvgIpc) is 2.28. The second kappa shape index (κ2) is 5.84. The highest BCUT2D eigenvalue weighted by molar-refractivity contribution is 5.79. The molecule has 16 heavy (non-hydrogen) atoms. The van der Waals surface area contributed by atoms with Gasteiger partial charge in [0.15, 0.2) is 0 Å². The van der Waals surface area contributed by atoms with Crippen molar-refractivity contribution in [2.24, 2.45) is 5.92 Å². The van der Waals surface area contributed by atoms with E-state index in [0.717, 1.165) is 25.9 Å². The van der Waals surface area contributed by atoms with Gasteiger partial charge in [-0.2, -0.15) is 0 Å². The molecule has 0 radical (unpaired) electrons. The predicted octanol–water partition coefficient (Wildman–Crippen LogP) is -0.467. The van der Waals surface area contributed by atoms with Gasteiger partial charge in [-0.05, 0) is 25.9 Å². The van der Waals surface area contributed by atoms with Crippen LogP contribution in [0.25, 0.3) is 0 Å². The zero-order valence-electron chi connectivity index (χ0n) is 10.3. The molecule has 1 heterocycles. The molecule has 0 aromatic carbocycles. The number of rotatable bonds is 3. The lowest BCUT2D eigenvalue weighted by molar-refractivity contribution is -0.130. The van der Waals surface area contributed by atoms with Crippen molar-refractivity contribution in [1.29, 1.82) is 0 Å². The third kappa shape index (κ3) is 3.48. The molecule has 1 aliphatic heterocycles. The van der Waals surface area contributed by atoms with Crippen molar-refractivity contribution in [2.45, 2.75) is 12.8 Å². The summed E-state index contributed by atoms with van der Waals surface area (Å²) in [5, 5.41) is 2.68. The fraction of sp³-hybridized carbons (Fsp3) is 0.818. The van der Waals surface area contributed by atoms with E-state index in [9.17, 15) is 9.59 Å². The molecule has 0 aromatic heterocycles. The summed E-state index contributed by atoms with van der Waals surface area (Å²) in [6, 6.07) is 0. The molecule has 0 aliphatic carbocycles. The summed E-state index contributed by atoms with van der Waals surface area (Å²) >= 11 is 0. The SMILES string of the molecule is CNC(=O)C1CCN(CC(=O)N(C)C)CC1. The number of hydrogen-bond acceptors (Lipinski definition) is 3. The number of carbonyl (C=O) groups excluding carboxylic acids is 2. The van der Waals surface area contributed by atoms with Crippen LogP contribution in [-0.4, -0.2) is 62.4 Å². The average molecular weight is 227 g/mol. The number of amides is 2. The normalized spacial score (nSPS) is 18.2. The minimum Gasteiger partial charge on any atom is -0.359 e. The van der Waals surface area contributed by atoms with Gasteiger partial charge in [0.1, 0.15) is 0 Å². The molecule has 0 unspecified atom stereocenters. The summed E-state index contributed by atoms with van der Waals surface area (Å²) in [4.78, 5) is 26.6. The van der Waals surface area contributed by atoms with Crippen molar-refractivity contribution in [2.75, 3.05) is 40.8 Å². The molecule has 1 rings (SSSR count). The second-order valence-electron chi connectivity index (χ2n) is 4.45. The van der Waals surface area contributed by atoms with Crippen LogP contribution in [0.2, 0.25) is 0 Å². The molecular formula is C11H21N3O2. The Morgan fingerprint density at radius 3 is 2.31 bits per heavy atom. The molecule has 5 heteroatoms. The van der Waals surface area contributed by atoms with Crippen LogP contribution >= 0.6 is 0 Å². The Morgan fingerprint density at radius 2 is 1.88 bits per heavy atom. The molecule has 0 aromatic rings. The molecule has 0 atom stereocenters. The summed E-state index contributed by atoms with van der Waals surface area (Å²) in [5.41, 5.74) is 0. The first-order valence-corrected chi connectivity index (χ1v) is 5.68. The van der Waals surface area contributed by atoms with Crippen LogP contribution in [0, 0.1) is 5.92 Å². The van der Waals surface area contributed by atoms with E-state index in [-0.39, 0.29) is 17.7 Å². The van der Waals surface area contributed by atoms with Crippen molar-refractivity contribution in [3.05, 3.63) is 0 Å². The van der Waals surface area contributed by atoms with Crippen molar-refractivity contribution >= 4 is 11.8 Å². The zero-order valence-corrected chi connectivity index (χ0v) is 10.3. The third-order valence-corrected chi connectivity index (χ3v) is 3.06. The van der Waals surface area contributed by atoms with E-state index in [2.05, 4.69) is 10.2 Å². The Bertz CT molecular complexity index is 258. The van der Waals surface area contributed by atoms with Crippen molar-refractivity contribution in [1.82, 2.24) is 15.1 Å². The van der Waals surface area contributed by atoms with Gasteiger partial charge in [-0.15, -0.1) is 0 Å². The van der Waals surface area contributed by atoms with Gasteiger partial charge in [0.05, 0.1) is 6.54 Å². The van der Waals surface area contributed by atoms with Gasteiger partial charge < -0.3 is 10.2 Å². The Morgan fingerprint density at radius 1 is 1.31 bits per heavy atom. The van der Waals surface area contributed by atoms with Gasteiger partial charge in [-0.25, -0.2) is 0 Å². The molecule has 92 valence electrons. The molecule has 1 fully saturated rings. The first-order valence-electron chi connectivity index (χ1n) is 5.68. The largest absolute Gasteiger partial charge is 0.359 e. The highest BCUT2D eigenvalue weighted by Gasteiger charge is 2.25. The maximum Gasteiger partial charge on any atom is 0.236 e. The standard InChI is InChI=1S/C11H21N3O2/c1-12-11(16)9-4-6-14(7-5-9)8-10(15)13(2)3/h9H,4-8H2,1-3H3,(H,12,16). The van der Waals surface area contributed by atoms with Gasteiger partial charge in [0, 0.05) is 27.1 Å². The van der Waals surface area contributed by atoms with E-state index in [1.165, 1.54) is 0 Å². The molecule has 5 nitrogen and oxygen atoms in total. The molecule has 1 N–H and O–H groups in total. The van der Waals surface area contributed by atoms with Gasteiger partial charge >= 0.3 is 0 Å². The number of piperidine rings is 1. The van der Waals surface area contributed by atoms with Gasteiger partial charge in [-0.3, -0.25) is 14.5 Å². The van der Waals surface area contributed by atoms with E-state index in [1.807, 2.05) is 0 Å². The molecule has 0 bridgehead atoms. The summed E-state index contributed by atoms with van der Waals surface area (Å²) < 4.78 is 0. The summed E-state index contributed by atoms with van der Waals surface area (Å²) in [7, 11) is 5.20. The van der Waals surface area contributed by atoms with Crippen molar-refractivity contribution < 1.29 is 9.59 Å². The Labute approximate surface area is 96.8 Å². The quantitative estimate of drug-likeness (QED) is 0.709. The van der Waals surface area contributed by atoms with Crippen LogP contribution in [0.15, 0.2) is 0 Å². The summed E-state index contributed by atoms with van der Waals surface area (Å²) in [6.07, 6.45) is 1.70. The molecular weight excluding hydrogens is 206 g/mol. The maximum absolute atomic E-state index is 11.5. The van der Waals surface area contributed by atoms with Gasteiger partial charge in [0.25, 0.3) is 0 Å². The predicted molar refractivity (Wildman–Crippen MR) is 61.9 cm³/mol. The van der Waals surface area contributed by atoms with E-state index in [1.54, 1.807) is 26.0 Å². The van der Waals surface area contributed by atoms with Crippen molar-refractivity contribution in [3.63, 3.8) is 0 Å². The molecule has 1 aliphatic rings. The zero-order chi connectivity index (χ0) is 12.1. The highest BCUT2D eigenvalue weighted by atomic mass is 16.2. The van der Waals surface area contributed by atoms with E-state index < -0.39 is 0 Å². The summed E-state index contributed by atoms with van der Waals surface area (Å²) in [6.45, 7) is 2.13. The Hall–Kier alpha value is -1.10. The van der Waals surface area contributed by atoms with Crippen LogP contribution in [0.4, 0.5) is 0 Å². The van der Waals surface area contributed by atoms with Crippen LogP contribution in [0.1, 0.15) is 12.8 Å². The second-order valence-corrected chi connectivity index (χ2v) is 4.45. The van der Waals surface area contributed by atoms with Crippen LogP contribution in [-0.2, 0) is 9.59 Å². The summed E-state index contributed by atoms with van der Waals surface area (Å²) in [5.74, 6) is 0.368. The molecule has 1 saturated heterocycles. The fourth-order valence-electron chi connectivity index (χ4n) is 1.89. The Balaban J connectivity index is 2.32. The minimum atomic E-state index is 0.121. The lowest BCUT2D eigenvalue weighted by Gasteiger charge is -2.31. The van der Waals surface area contributed by atoms with E-state index in [4.69, 9.17) is 0 Å². The number of hydrogen-bond donors (Lipinski definition) is 1. The van der Waals surface area contributed by atoms with Crippen LogP contribution < -0.4 is 5.32 Å². The first kappa shape index (κ1) is 13.0. The first-order chi connectivity index (χ1) is 7.54. The molecule has 0 saturated carbocycles. The number of likely N-dealkylation sites (N-methyl/N-ethyl adjacent to an activating group) is 1. The molecule has 0 spiro atoms. The lowest BCUT2D eigenvalue weighted by atomic mass is 9.96. The third-order valence-electron chi connectivity index (χ3n) is 3.06. The van der Waals surface area contributed by atoms with E-state index >= 15 is 0 Å². The topological polar surface area (TPSA) is 52.7 Å².